The second-order valence-electron chi connectivity index (χ2n) is 17.4. The number of aliphatic hydroxyl groups excluding tert-OH is 2. The Labute approximate surface area is 426 Å². The van der Waals surface area contributed by atoms with Crippen molar-refractivity contribution in [2.45, 2.75) is 102 Å². The maximum absolute atomic E-state index is 13.4. The fraction of sp³-hybridized carbons (Fsp3) is 0.556. The van der Waals surface area contributed by atoms with Gasteiger partial charge < -0.3 is 75.9 Å². The lowest BCUT2D eigenvalue weighted by Gasteiger charge is -2.35. The number of carboxylic acid groups (broad SMARTS) is 1. The van der Waals surface area contributed by atoms with E-state index in [1.54, 1.807) is 33.2 Å². The van der Waals surface area contributed by atoms with Gasteiger partial charge in [0.2, 0.25) is 35.8 Å². The number of aryl methyl sites for hydroxylation is 1. The zero-order valence-electron chi connectivity index (χ0n) is 41.5. The molecule has 1 fully saturated rings. The fourth-order valence-electron chi connectivity index (χ4n) is 7.20. The van der Waals surface area contributed by atoms with Crippen LogP contribution in [0.2, 0.25) is 0 Å². The van der Waals surface area contributed by atoms with E-state index < -0.39 is 113 Å². The predicted octanol–water partition coefficient (Wildman–Crippen LogP) is -1.92. The largest absolute Gasteiger partial charge is 0.479 e. The number of ether oxygens (including phenoxy) is 5. The molecular weight excluding hydrogens is 1000 g/mol. The summed E-state index contributed by atoms with van der Waals surface area (Å²) < 4.78 is 61.6. The van der Waals surface area contributed by atoms with Gasteiger partial charge in [0.05, 0.1) is 44.8 Å². The molecule has 6 amide bonds. The molecule has 410 valence electrons. The number of aliphatic carboxylic acids is 1. The average molecular weight is 1070 g/mol. The topological polar surface area (TPSA) is 400 Å². The summed E-state index contributed by atoms with van der Waals surface area (Å²) in [5.74, 6) is -6.66. The van der Waals surface area contributed by atoms with E-state index in [2.05, 4.69) is 37.0 Å². The Kier molecular flexibility index (Phi) is 23.3. The van der Waals surface area contributed by atoms with Gasteiger partial charge in [-0.2, -0.15) is 8.42 Å². The van der Waals surface area contributed by atoms with Crippen molar-refractivity contribution >= 4 is 68.4 Å². The van der Waals surface area contributed by atoms with E-state index in [1.807, 2.05) is 28.8 Å². The minimum absolute atomic E-state index is 0.0260. The number of anilines is 1. The highest BCUT2D eigenvalue weighted by molar-refractivity contribution is 7.85. The van der Waals surface area contributed by atoms with E-state index in [0.717, 1.165) is 11.1 Å². The molecule has 74 heavy (non-hydrogen) atoms. The van der Waals surface area contributed by atoms with Gasteiger partial charge in [0.1, 0.15) is 48.0 Å². The number of nitrogens with one attached hydrogen (secondary N) is 6. The maximum atomic E-state index is 13.4. The molecule has 0 bridgehead atoms. The number of aliphatic hydroxyl groups is 2. The Bertz CT molecular complexity index is 2530. The van der Waals surface area contributed by atoms with E-state index >= 15 is 0 Å². The van der Waals surface area contributed by atoms with Crippen LogP contribution in [-0.2, 0) is 77.5 Å². The molecule has 0 spiro atoms. The summed E-state index contributed by atoms with van der Waals surface area (Å²) in [5, 5.41) is 45.4. The molecule has 12 N–H and O–H groups in total. The molecule has 1 aliphatic rings. The van der Waals surface area contributed by atoms with Crippen LogP contribution in [-0.4, -0.2) is 180 Å². The van der Waals surface area contributed by atoms with Crippen molar-refractivity contribution in [2.24, 2.45) is 11.7 Å². The number of hydrazine groups is 1. The quantitative estimate of drug-likeness (QED) is 0.0197. The number of aromatic nitrogens is 2. The number of primary amides is 1. The van der Waals surface area contributed by atoms with Crippen LogP contribution in [0.4, 0.5) is 10.5 Å². The third kappa shape index (κ3) is 19.4. The summed E-state index contributed by atoms with van der Waals surface area (Å²) in [6, 6.07) is 5.75. The van der Waals surface area contributed by atoms with Crippen LogP contribution in [0.3, 0.4) is 0 Å². The molecule has 0 unspecified atom stereocenters. The molecule has 29 heteroatoms. The van der Waals surface area contributed by atoms with E-state index in [0.29, 0.717) is 17.8 Å². The number of hydrogen-bond acceptors (Lipinski definition) is 19. The van der Waals surface area contributed by atoms with Crippen molar-refractivity contribution < 1.29 is 85.5 Å². The number of amides is 6. The highest BCUT2D eigenvalue weighted by Crippen LogP contribution is 2.31. The Morgan fingerprint density at radius 1 is 0.932 bits per heavy atom. The average Bonchev–Trinajstić information content (AvgIpc) is 3.68. The van der Waals surface area contributed by atoms with E-state index in [9.17, 15) is 61.9 Å². The molecule has 0 saturated carbocycles. The van der Waals surface area contributed by atoms with Gasteiger partial charge in [0.15, 0.2) is 6.10 Å². The SMILES string of the molecule is CNN(C)Cc1cc2cccnc2n1CCC(=O)N[C@@H](CS(=O)(=O)O)C(=O)NCCOCCOCCC(=O)N[C@H](C(=O)N[C@@H](C)C(=O)Nc1ccc(COC(N)=O)cc1O[C@@H]1O[C@H](C(=O)O)C[C@H](O)[C@H]1O)C(C)C. The van der Waals surface area contributed by atoms with Gasteiger partial charge in [-0.3, -0.25) is 34.0 Å². The van der Waals surface area contributed by atoms with Crippen LogP contribution in [0, 0.1) is 5.92 Å². The number of carbonyl (C=O) groups is 7. The summed E-state index contributed by atoms with van der Waals surface area (Å²) in [7, 11) is -1.08. The first-order valence-electron chi connectivity index (χ1n) is 23.3. The summed E-state index contributed by atoms with van der Waals surface area (Å²) in [4.78, 5) is 92.7. The second-order valence-corrected chi connectivity index (χ2v) is 18.9. The molecule has 28 nitrogen and oxygen atoms in total. The molecule has 1 aromatic carbocycles. The van der Waals surface area contributed by atoms with E-state index in [1.165, 1.54) is 25.1 Å². The first-order valence-corrected chi connectivity index (χ1v) is 24.9. The minimum Gasteiger partial charge on any atom is -0.479 e. The minimum atomic E-state index is -4.68. The first kappa shape index (κ1) is 60.0. The Morgan fingerprint density at radius 3 is 2.30 bits per heavy atom. The van der Waals surface area contributed by atoms with Crippen molar-refractivity contribution in [1.29, 1.82) is 0 Å². The molecule has 4 rings (SSSR count). The summed E-state index contributed by atoms with van der Waals surface area (Å²) >= 11 is 0. The lowest BCUT2D eigenvalue weighted by Crippen LogP contribution is -2.54. The van der Waals surface area contributed by atoms with Crippen molar-refractivity contribution in [3.63, 3.8) is 0 Å². The molecule has 2 aromatic heterocycles. The number of hydrogen-bond donors (Lipinski definition) is 11. The maximum Gasteiger partial charge on any atom is 0.404 e. The predicted molar refractivity (Wildman–Crippen MR) is 260 cm³/mol. The first-order chi connectivity index (χ1) is 35.0. The third-order valence-electron chi connectivity index (χ3n) is 11.2. The number of nitrogens with two attached hydrogens (primary N) is 1. The smallest absolute Gasteiger partial charge is 0.404 e. The second kappa shape index (κ2) is 28.8. The van der Waals surface area contributed by atoms with Crippen LogP contribution in [0.1, 0.15) is 51.3 Å². The van der Waals surface area contributed by atoms with Crippen molar-refractivity contribution in [3.05, 3.63) is 53.9 Å². The molecule has 0 radical (unpaired) electrons. The molecule has 7 atom stereocenters. The van der Waals surface area contributed by atoms with Crippen molar-refractivity contribution in [2.75, 3.05) is 58.1 Å². The van der Waals surface area contributed by atoms with Crippen molar-refractivity contribution in [3.8, 4) is 5.75 Å². The molecule has 3 aromatic rings. The van der Waals surface area contributed by atoms with Gasteiger partial charge in [-0.1, -0.05) is 19.9 Å². The molecule has 0 aliphatic carbocycles. The van der Waals surface area contributed by atoms with Gasteiger partial charge in [-0.05, 0) is 55.8 Å². The summed E-state index contributed by atoms with van der Waals surface area (Å²) in [6.45, 7) is 4.85. The summed E-state index contributed by atoms with van der Waals surface area (Å²) in [6.07, 6.45) is -6.68. The Balaban J connectivity index is 1.19. The fourth-order valence-corrected chi connectivity index (χ4v) is 7.85. The van der Waals surface area contributed by atoms with Crippen LogP contribution in [0.5, 0.6) is 5.75 Å². The van der Waals surface area contributed by atoms with E-state index in [4.69, 9.17) is 29.4 Å². The zero-order valence-corrected chi connectivity index (χ0v) is 42.3. The molecule has 3 heterocycles. The third-order valence-corrected chi connectivity index (χ3v) is 11.9. The Hall–Kier alpha value is -6.57. The number of carboxylic acids is 1. The highest BCUT2D eigenvalue weighted by Gasteiger charge is 2.42. The molecule has 1 aliphatic heterocycles. The van der Waals surface area contributed by atoms with Gasteiger partial charge in [0.25, 0.3) is 10.1 Å². The summed E-state index contributed by atoms with van der Waals surface area (Å²) in [5.41, 5.74) is 9.81. The molecule has 1 saturated heterocycles. The lowest BCUT2D eigenvalue weighted by atomic mass is 10.0. The number of nitrogens with zero attached hydrogens (tertiary/aromatic N) is 3. The normalized spacial score (nSPS) is 18.0. The van der Waals surface area contributed by atoms with Crippen molar-refractivity contribution in [1.82, 2.24) is 41.3 Å². The van der Waals surface area contributed by atoms with E-state index in [-0.39, 0.29) is 70.4 Å². The van der Waals surface area contributed by atoms with Gasteiger partial charge in [0, 0.05) is 56.7 Å². The van der Waals surface area contributed by atoms with Crippen LogP contribution < -0.4 is 42.5 Å². The standard InChI is InChI=1S/C45H66N10O18S/c1-25(2)37(42(62)50-26(3)40(60)52-30-9-8-27(23-71-45(46)65)19-33(30)72-44-38(59)32(56)21-34(73-44)43(63)64)53-36(58)11-15-69-17-18-70-16-13-49-41(61)31(24-74(66,67)68)51-35(57)10-14-55-29(22-54(5)47-4)20-28-7-6-12-48-39(28)55/h6-9,12,19-20,25-26,31-32,34,37-38,44,47,56,59H,10-11,13-18,21-24H2,1-5H3,(H2,46,65)(H,49,61)(H,50,62)(H,51,57)(H,52,60)(H,53,58)(H,63,64)(H,66,67,68)/t26-,31-,32-,34-,37-,38+,44+/m0/s1. The number of rotatable bonds is 30. The van der Waals surface area contributed by atoms with Crippen LogP contribution in [0.15, 0.2) is 42.6 Å². The van der Waals surface area contributed by atoms with Gasteiger partial charge in [-0.15, -0.1) is 0 Å². The Morgan fingerprint density at radius 2 is 1.64 bits per heavy atom. The van der Waals surface area contributed by atoms with Crippen LogP contribution in [0.25, 0.3) is 11.0 Å². The number of carbonyl (C=O) groups excluding carboxylic acids is 6. The number of fused-ring (bicyclic) bond motifs is 1. The van der Waals surface area contributed by atoms with Gasteiger partial charge in [-0.25, -0.2) is 19.6 Å². The highest BCUT2D eigenvalue weighted by atomic mass is 32.2. The van der Waals surface area contributed by atoms with Crippen LogP contribution >= 0.6 is 0 Å². The number of pyridine rings is 1. The zero-order chi connectivity index (χ0) is 54.7. The number of benzene rings is 1. The van der Waals surface area contributed by atoms with Gasteiger partial charge >= 0.3 is 12.1 Å². The monoisotopic (exact) mass is 1070 g/mol. The molecular formula is C45H66N10O18S. The lowest BCUT2D eigenvalue weighted by molar-refractivity contribution is -0.238.